The van der Waals surface area contributed by atoms with Gasteiger partial charge in [-0.2, -0.15) is 21.6 Å². The van der Waals surface area contributed by atoms with Crippen LogP contribution in [0.25, 0.3) is 5.82 Å². The van der Waals surface area contributed by atoms with Gasteiger partial charge in [0.1, 0.15) is 11.6 Å². The molecule has 0 radical (unpaired) electrons. The zero-order valence-corrected chi connectivity index (χ0v) is 28.2. The first-order valence-electron chi connectivity index (χ1n) is 16.4. The van der Waals surface area contributed by atoms with Crippen molar-refractivity contribution < 1.29 is 31.1 Å². The van der Waals surface area contributed by atoms with Crippen molar-refractivity contribution in [3.8, 4) is 11.7 Å². The highest BCUT2D eigenvalue weighted by Crippen LogP contribution is 2.65. The van der Waals surface area contributed by atoms with Gasteiger partial charge >= 0.3 is 6.18 Å². The minimum absolute atomic E-state index is 0.00727. The molecule has 15 heteroatoms. The van der Waals surface area contributed by atoms with E-state index in [0.29, 0.717) is 29.9 Å². The van der Waals surface area contributed by atoms with E-state index in [1.165, 1.54) is 16.8 Å². The van der Waals surface area contributed by atoms with Gasteiger partial charge in [-0.3, -0.25) is 4.79 Å². The Morgan fingerprint density at radius 2 is 1.88 bits per heavy atom. The van der Waals surface area contributed by atoms with Crippen LogP contribution in [0.2, 0.25) is 0 Å². The predicted octanol–water partition coefficient (Wildman–Crippen LogP) is 5.73. The lowest BCUT2D eigenvalue weighted by molar-refractivity contribution is -0.190. The van der Waals surface area contributed by atoms with Gasteiger partial charge in [0.15, 0.2) is 10.8 Å². The molecule has 3 unspecified atom stereocenters. The molecule has 11 nitrogen and oxygen atoms in total. The van der Waals surface area contributed by atoms with E-state index in [1.807, 2.05) is 0 Å². The van der Waals surface area contributed by atoms with Crippen LogP contribution in [0.15, 0.2) is 47.6 Å². The van der Waals surface area contributed by atoms with Crippen LogP contribution in [0, 0.1) is 22.7 Å². The Labute approximate surface area is 277 Å². The summed E-state index contributed by atoms with van der Waals surface area (Å²) >= 11 is 0. The zero-order chi connectivity index (χ0) is 34.3. The van der Waals surface area contributed by atoms with Crippen LogP contribution in [0.1, 0.15) is 76.6 Å². The number of alkyl halides is 3. The summed E-state index contributed by atoms with van der Waals surface area (Å²) in [6.45, 7) is 8.98. The molecule has 4 aliphatic rings. The van der Waals surface area contributed by atoms with Crippen LogP contribution < -0.4 is 19.7 Å². The number of amides is 1. The second kappa shape index (κ2) is 11.1. The van der Waals surface area contributed by atoms with Crippen molar-refractivity contribution in [2.24, 2.45) is 22.7 Å². The predicted molar refractivity (Wildman–Crippen MR) is 172 cm³/mol. The summed E-state index contributed by atoms with van der Waals surface area (Å²) in [6, 6.07) is 9.36. The maximum Gasteiger partial charge on any atom is 0.394 e. The largest absolute Gasteiger partial charge is 0.477 e. The summed E-state index contributed by atoms with van der Waals surface area (Å²) in [5.41, 5.74) is -1.99. The van der Waals surface area contributed by atoms with Crippen molar-refractivity contribution in [2.75, 3.05) is 23.4 Å². The highest BCUT2D eigenvalue weighted by molar-refractivity contribution is 7.90. The fourth-order valence-corrected chi connectivity index (χ4v) is 8.52. The SMILES string of the molecule is CC(C)C1CC2CC23CN(c2nc(-n4ccc(OCCC5(C(F)(F)F)CC5)n4)ccc2C(=O)NS(=O)(=O)c2cccc(n2)N1)C(C)(C)C3. The van der Waals surface area contributed by atoms with Crippen molar-refractivity contribution in [3.63, 3.8) is 0 Å². The number of nitrogens with zero attached hydrogens (tertiary/aromatic N) is 5. The number of nitrogens with one attached hydrogen (secondary N) is 2. The molecule has 2 aliphatic carbocycles. The molecule has 2 aliphatic heterocycles. The number of halogens is 3. The summed E-state index contributed by atoms with van der Waals surface area (Å²) in [5.74, 6) is 1.08. The number of ether oxygens (including phenoxy) is 1. The van der Waals surface area contributed by atoms with E-state index in [2.05, 4.69) is 52.7 Å². The molecule has 4 bridgehead atoms. The number of sulfonamides is 1. The van der Waals surface area contributed by atoms with E-state index in [9.17, 15) is 26.4 Å². The van der Waals surface area contributed by atoms with Crippen LogP contribution in [0.3, 0.4) is 0 Å². The molecule has 0 aromatic carbocycles. The molecular formula is C33H40F3N7O4S. The number of carbonyl (C=O) groups is 1. The summed E-state index contributed by atoms with van der Waals surface area (Å²) in [5, 5.41) is 7.57. The van der Waals surface area contributed by atoms with Gasteiger partial charge in [-0.05, 0) is 93.9 Å². The Bertz CT molecular complexity index is 1860. The standard InChI is InChI=1S/C33H40F3N7O4S/c1-20(2)23-16-21-17-31(21)18-30(3,4)42(19-31)28-22(29(44)41-48(45,46)27-7-5-6-24(37-23)38-27)8-9-25(39-28)43-14-10-26(40-43)47-15-13-32(11-12-32)33(34,35)36/h5-10,14,20-21,23H,11-13,15-19H2,1-4H3,(H,37,38)(H,41,44). The van der Waals surface area contributed by atoms with E-state index in [-0.39, 0.29) is 59.7 Å². The van der Waals surface area contributed by atoms with Crippen molar-refractivity contribution >= 4 is 27.6 Å². The minimum Gasteiger partial charge on any atom is -0.477 e. The molecule has 3 fully saturated rings. The average molecular weight is 688 g/mol. The van der Waals surface area contributed by atoms with Crippen molar-refractivity contribution in [1.29, 1.82) is 0 Å². The minimum atomic E-state index is -4.34. The third kappa shape index (κ3) is 5.87. The van der Waals surface area contributed by atoms with Gasteiger partial charge in [0.25, 0.3) is 15.9 Å². The number of hydrogen-bond acceptors (Lipinski definition) is 9. The molecule has 258 valence electrons. The highest BCUT2D eigenvalue weighted by atomic mass is 32.2. The molecule has 1 saturated heterocycles. The van der Waals surface area contributed by atoms with E-state index in [4.69, 9.17) is 9.72 Å². The first kappa shape index (κ1) is 32.7. The molecule has 3 aromatic heterocycles. The van der Waals surface area contributed by atoms with Crippen LogP contribution in [-0.4, -0.2) is 65.0 Å². The number of pyridine rings is 2. The number of hydrogen-bond donors (Lipinski definition) is 2. The molecule has 1 amide bonds. The fourth-order valence-electron chi connectivity index (χ4n) is 7.58. The fraction of sp³-hybridized carbons (Fsp3) is 0.576. The zero-order valence-electron chi connectivity index (χ0n) is 27.3. The molecule has 2 saturated carbocycles. The lowest BCUT2D eigenvalue weighted by Gasteiger charge is -2.33. The van der Waals surface area contributed by atoms with E-state index in [0.717, 1.165) is 19.3 Å². The third-order valence-electron chi connectivity index (χ3n) is 10.7. The number of fused-ring (bicyclic) bond motifs is 5. The lowest BCUT2D eigenvalue weighted by atomic mass is 9.89. The van der Waals surface area contributed by atoms with Crippen molar-refractivity contribution in [3.05, 3.63) is 48.2 Å². The van der Waals surface area contributed by atoms with Crippen LogP contribution >= 0.6 is 0 Å². The van der Waals surface area contributed by atoms with Gasteiger partial charge in [0.05, 0.1) is 17.6 Å². The topological polar surface area (TPSA) is 131 Å². The number of anilines is 2. The van der Waals surface area contributed by atoms with Crippen LogP contribution in [-0.2, 0) is 10.0 Å². The molecule has 48 heavy (non-hydrogen) atoms. The summed E-state index contributed by atoms with van der Waals surface area (Å²) < 4.78 is 76.1. The summed E-state index contributed by atoms with van der Waals surface area (Å²) in [7, 11) is -4.34. The summed E-state index contributed by atoms with van der Waals surface area (Å²) in [4.78, 5) is 25.1. The van der Waals surface area contributed by atoms with Crippen LogP contribution in [0.4, 0.5) is 24.8 Å². The second-order valence-corrected chi connectivity index (χ2v) is 16.5. The van der Waals surface area contributed by atoms with E-state index < -0.39 is 33.1 Å². The molecule has 1 spiro atoms. The van der Waals surface area contributed by atoms with E-state index >= 15 is 0 Å². The molecule has 3 atom stereocenters. The Kier molecular flexibility index (Phi) is 7.53. The van der Waals surface area contributed by atoms with Gasteiger partial charge in [0, 0.05) is 30.4 Å². The van der Waals surface area contributed by atoms with Crippen molar-refractivity contribution in [2.45, 2.75) is 89.0 Å². The number of rotatable bonds is 6. The normalized spacial score (nSPS) is 26.8. The molecule has 3 aromatic rings. The van der Waals surface area contributed by atoms with E-state index in [1.54, 1.807) is 30.5 Å². The molecule has 5 heterocycles. The Morgan fingerprint density at radius 1 is 1.10 bits per heavy atom. The quantitative estimate of drug-likeness (QED) is 0.334. The van der Waals surface area contributed by atoms with Crippen LogP contribution in [0.5, 0.6) is 5.88 Å². The monoisotopic (exact) mass is 687 g/mol. The molecule has 7 rings (SSSR count). The lowest BCUT2D eigenvalue weighted by Crippen LogP contribution is -2.41. The van der Waals surface area contributed by atoms with Gasteiger partial charge in [0.2, 0.25) is 5.88 Å². The maximum absolute atomic E-state index is 13.8. The van der Waals surface area contributed by atoms with Gasteiger partial charge in [-0.25, -0.2) is 19.4 Å². The first-order valence-corrected chi connectivity index (χ1v) is 17.8. The Balaban J connectivity index is 1.22. The smallest absolute Gasteiger partial charge is 0.394 e. The average Bonchev–Trinajstić information content (AvgIpc) is 3.84. The maximum atomic E-state index is 13.8. The number of carbonyl (C=O) groups excluding carboxylic acids is 1. The Hall–Kier alpha value is -3.88. The first-order chi connectivity index (χ1) is 22.5. The third-order valence-corrected chi connectivity index (χ3v) is 11.9. The highest BCUT2D eigenvalue weighted by Gasteiger charge is 2.63. The molecular weight excluding hydrogens is 647 g/mol. The van der Waals surface area contributed by atoms with Gasteiger partial charge < -0.3 is 15.0 Å². The Morgan fingerprint density at radius 3 is 2.58 bits per heavy atom. The number of aromatic nitrogens is 4. The van der Waals surface area contributed by atoms with Gasteiger partial charge in [-0.1, -0.05) is 19.9 Å². The van der Waals surface area contributed by atoms with Crippen molar-refractivity contribution in [1.82, 2.24) is 24.5 Å². The van der Waals surface area contributed by atoms with Gasteiger partial charge in [-0.15, -0.1) is 5.10 Å². The molecule has 2 N–H and O–H groups in total. The second-order valence-electron chi connectivity index (χ2n) is 14.9. The summed E-state index contributed by atoms with van der Waals surface area (Å²) in [6.07, 6.45) is 0.185.